The van der Waals surface area contributed by atoms with Crippen LogP contribution in [0, 0.1) is 17.5 Å². The van der Waals surface area contributed by atoms with Crippen LogP contribution in [0.2, 0.25) is 5.02 Å². The van der Waals surface area contributed by atoms with Gasteiger partial charge in [-0.25, -0.2) is 13.2 Å². The molecule has 0 spiro atoms. The normalized spacial score (nSPS) is 11.1. The Morgan fingerprint density at radius 1 is 0.931 bits per heavy atom. The Morgan fingerprint density at radius 3 is 2.41 bits per heavy atom. The lowest BCUT2D eigenvalue weighted by Gasteiger charge is -2.10. The molecule has 4 rings (SSSR count). The quantitative estimate of drug-likeness (QED) is 0.468. The van der Waals surface area contributed by atoms with E-state index in [2.05, 4.69) is 10.1 Å². The van der Waals surface area contributed by atoms with Crippen molar-refractivity contribution in [3.05, 3.63) is 82.9 Å². The summed E-state index contributed by atoms with van der Waals surface area (Å²) >= 11 is 5.84. The van der Waals surface area contributed by atoms with E-state index < -0.39 is 17.5 Å². The molecular weight excluding hydrogens is 405 g/mol. The standard InChI is InChI=1S/C21H12ClF3N2O2/c22-12-1-3-15(17(24)7-12)20-19(14-5-6-26-9-11(14)10-28)21(29-27-20)16-4-2-13(23)8-18(16)25/h1-9,28H,10H2. The van der Waals surface area contributed by atoms with E-state index in [1.165, 1.54) is 30.6 Å². The molecule has 0 saturated heterocycles. The van der Waals surface area contributed by atoms with Crippen LogP contribution < -0.4 is 0 Å². The zero-order valence-corrected chi connectivity index (χ0v) is 15.4. The van der Waals surface area contributed by atoms with E-state index in [9.17, 15) is 18.3 Å². The van der Waals surface area contributed by atoms with E-state index in [1.807, 2.05) is 0 Å². The van der Waals surface area contributed by atoms with E-state index >= 15 is 0 Å². The minimum atomic E-state index is -0.870. The fourth-order valence-electron chi connectivity index (χ4n) is 3.06. The summed E-state index contributed by atoms with van der Waals surface area (Å²) < 4.78 is 47.8. The van der Waals surface area contributed by atoms with Gasteiger partial charge in [0.15, 0.2) is 5.76 Å². The molecule has 0 fully saturated rings. The van der Waals surface area contributed by atoms with Gasteiger partial charge in [-0.05, 0) is 42.0 Å². The summed E-state index contributed by atoms with van der Waals surface area (Å²) in [4.78, 5) is 3.96. The fourth-order valence-corrected chi connectivity index (χ4v) is 3.22. The monoisotopic (exact) mass is 416 g/mol. The van der Waals surface area contributed by atoms with Gasteiger partial charge in [-0.3, -0.25) is 4.98 Å². The molecule has 2 heterocycles. The SMILES string of the molecule is OCc1cnccc1-c1c(-c2ccc(Cl)cc2F)noc1-c1ccc(F)cc1F. The Kier molecular flexibility index (Phi) is 5.08. The van der Waals surface area contributed by atoms with Crippen molar-refractivity contribution in [2.45, 2.75) is 6.61 Å². The van der Waals surface area contributed by atoms with E-state index in [-0.39, 0.29) is 39.8 Å². The Hall–Kier alpha value is -3.16. The minimum Gasteiger partial charge on any atom is -0.392 e. The lowest BCUT2D eigenvalue weighted by molar-refractivity contribution is 0.282. The first-order valence-corrected chi connectivity index (χ1v) is 8.82. The number of benzene rings is 2. The van der Waals surface area contributed by atoms with Crippen LogP contribution in [0.1, 0.15) is 5.56 Å². The lowest BCUT2D eigenvalue weighted by atomic mass is 9.94. The number of hydrogen-bond donors (Lipinski definition) is 1. The average molecular weight is 417 g/mol. The van der Waals surface area contributed by atoms with Crippen LogP contribution in [0.15, 0.2) is 59.4 Å². The van der Waals surface area contributed by atoms with E-state index in [1.54, 1.807) is 6.07 Å². The molecule has 146 valence electrons. The zero-order chi connectivity index (χ0) is 20.5. The molecule has 0 radical (unpaired) electrons. The van der Waals surface area contributed by atoms with Gasteiger partial charge in [0.2, 0.25) is 0 Å². The van der Waals surface area contributed by atoms with Gasteiger partial charge in [-0.1, -0.05) is 16.8 Å². The van der Waals surface area contributed by atoms with Crippen molar-refractivity contribution >= 4 is 11.6 Å². The maximum absolute atomic E-state index is 14.6. The van der Waals surface area contributed by atoms with Crippen LogP contribution in [-0.2, 0) is 6.61 Å². The molecule has 0 aliphatic rings. The average Bonchev–Trinajstić information content (AvgIpc) is 3.12. The van der Waals surface area contributed by atoms with Gasteiger partial charge in [0.1, 0.15) is 23.1 Å². The van der Waals surface area contributed by atoms with Crippen molar-refractivity contribution < 1.29 is 22.8 Å². The second-order valence-corrected chi connectivity index (χ2v) is 6.61. The Balaban J connectivity index is 2.04. The van der Waals surface area contributed by atoms with Gasteiger partial charge < -0.3 is 9.63 Å². The van der Waals surface area contributed by atoms with Crippen molar-refractivity contribution in [2.75, 3.05) is 0 Å². The Labute approximate surface area is 168 Å². The summed E-state index contributed by atoms with van der Waals surface area (Å²) in [6.07, 6.45) is 2.89. The highest BCUT2D eigenvalue weighted by molar-refractivity contribution is 6.30. The van der Waals surface area contributed by atoms with Crippen LogP contribution in [0.25, 0.3) is 33.7 Å². The van der Waals surface area contributed by atoms with Gasteiger partial charge in [-0.2, -0.15) is 0 Å². The summed E-state index contributed by atoms with van der Waals surface area (Å²) in [5, 5.41) is 13.9. The first-order chi connectivity index (χ1) is 14.0. The highest BCUT2D eigenvalue weighted by Gasteiger charge is 2.26. The third-order valence-corrected chi connectivity index (χ3v) is 4.63. The third kappa shape index (κ3) is 3.50. The van der Waals surface area contributed by atoms with Crippen LogP contribution >= 0.6 is 11.6 Å². The predicted octanol–water partition coefficient (Wildman–Crippen LogP) is 5.63. The molecule has 0 atom stereocenters. The Bertz CT molecular complexity index is 1140. The molecular formula is C21H12ClF3N2O2. The van der Waals surface area contributed by atoms with Crippen LogP contribution in [-0.4, -0.2) is 15.2 Å². The van der Waals surface area contributed by atoms with Crippen molar-refractivity contribution in [1.82, 2.24) is 10.1 Å². The lowest BCUT2D eigenvalue weighted by Crippen LogP contribution is -1.95. The molecule has 8 heteroatoms. The molecule has 29 heavy (non-hydrogen) atoms. The van der Waals surface area contributed by atoms with Gasteiger partial charge in [0, 0.05) is 34.6 Å². The molecule has 4 aromatic rings. The Morgan fingerprint density at radius 2 is 1.69 bits per heavy atom. The maximum atomic E-state index is 14.6. The highest BCUT2D eigenvalue weighted by Crippen LogP contribution is 2.42. The number of aliphatic hydroxyl groups excluding tert-OH is 1. The molecule has 4 nitrogen and oxygen atoms in total. The smallest absolute Gasteiger partial charge is 0.178 e. The van der Waals surface area contributed by atoms with Crippen molar-refractivity contribution in [3.8, 4) is 33.7 Å². The molecule has 2 aromatic heterocycles. The van der Waals surface area contributed by atoms with Crippen molar-refractivity contribution in [3.63, 3.8) is 0 Å². The summed E-state index contributed by atoms with van der Waals surface area (Å²) in [6, 6.07) is 8.58. The molecule has 0 aliphatic heterocycles. The summed E-state index contributed by atoms with van der Waals surface area (Å²) in [5.74, 6) is -2.31. The minimum absolute atomic E-state index is 0.0345. The summed E-state index contributed by atoms with van der Waals surface area (Å²) in [5.41, 5.74) is 1.15. The topological polar surface area (TPSA) is 59.2 Å². The third-order valence-electron chi connectivity index (χ3n) is 4.40. The number of pyridine rings is 1. The molecule has 1 N–H and O–H groups in total. The molecule has 0 amide bonds. The molecule has 2 aromatic carbocycles. The van der Waals surface area contributed by atoms with Crippen molar-refractivity contribution in [1.29, 1.82) is 0 Å². The van der Waals surface area contributed by atoms with E-state index in [4.69, 9.17) is 16.1 Å². The number of aliphatic hydroxyl groups is 1. The second kappa shape index (κ2) is 7.69. The number of nitrogens with zero attached hydrogens (tertiary/aromatic N) is 2. The second-order valence-electron chi connectivity index (χ2n) is 6.17. The maximum Gasteiger partial charge on any atom is 0.178 e. The van der Waals surface area contributed by atoms with Gasteiger partial charge in [-0.15, -0.1) is 0 Å². The van der Waals surface area contributed by atoms with Gasteiger partial charge in [0.25, 0.3) is 0 Å². The number of hydrogen-bond acceptors (Lipinski definition) is 4. The van der Waals surface area contributed by atoms with Crippen LogP contribution in [0.3, 0.4) is 0 Å². The zero-order valence-electron chi connectivity index (χ0n) is 14.7. The fraction of sp³-hybridized carbons (Fsp3) is 0.0476. The highest BCUT2D eigenvalue weighted by atomic mass is 35.5. The predicted molar refractivity (Wildman–Crippen MR) is 101 cm³/mol. The van der Waals surface area contributed by atoms with E-state index in [0.29, 0.717) is 17.2 Å². The largest absolute Gasteiger partial charge is 0.392 e. The number of halogens is 4. The van der Waals surface area contributed by atoms with Gasteiger partial charge in [0.05, 0.1) is 17.7 Å². The van der Waals surface area contributed by atoms with Crippen LogP contribution in [0.5, 0.6) is 0 Å². The van der Waals surface area contributed by atoms with Crippen molar-refractivity contribution in [2.24, 2.45) is 0 Å². The molecule has 0 bridgehead atoms. The van der Waals surface area contributed by atoms with E-state index in [0.717, 1.165) is 12.1 Å². The first kappa shape index (κ1) is 19.2. The first-order valence-electron chi connectivity index (χ1n) is 8.44. The van der Waals surface area contributed by atoms with Gasteiger partial charge >= 0.3 is 0 Å². The number of aromatic nitrogens is 2. The summed E-state index contributed by atoms with van der Waals surface area (Å²) in [7, 11) is 0. The molecule has 0 aliphatic carbocycles. The summed E-state index contributed by atoms with van der Waals surface area (Å²) in [6.45, 7) is -0.373. The van der Waals surface area contributed by atoms with Crippen LogP contribution in [0.4, 0.5) is 13.2 Å². The number of rotatable bonds is 4. The molecule has 0 unspecified atom stereocenters. The molecule has 0 saturated carbocycles.